The molecule has 0 saturated heterocycles. The molecule has 1 amide bonds. The maximum atomic E-state index is 12.2. The summed E-state index contributed by atoms with van der Waals surface area (Å²) in [6, 6.07) is 7.90. The van der Waals surface area contributed by atoms with Gasteiger partial charge < -0.3 is 4.74 Å². The van der Waals surface area contributed by atoms with E-state index in [0.717, 1.165) is 0 Å². The summed E-state index contributed by atoms with van der Waals surface area (Å²) in [6.07, 6.45) is 0. The van der Waals surface area contributed by atoms with Crippen LogP contribution in [0.2, 0.25) is 20.1 Å². The number of anilines is 1. The lowest BCUT2D eigenvalue weighted by molar-refractivity contribution is -0.114. The van der Waals surface area contributed by atoms with Crippen molar-refractivity contribution in [3.05, 3.63) is 56.0 Å². The lowest BCUT2D eigenvalue weighted by atomic mass is 10.1. The van der Waals surface area contributed by atoms with E-state index in [1.807, 2.05) is 0 Å². The van der Waals surface area contributed by atoms with Crippen LogP contribution in [0.3, 0.4) is 0 Å². The van der Waals surface area contributed by atoms with Crippen molar-refractivity contribution < 1.29 is 14.3 Å². The van der Waals surface area contributed by atoms with Crippen molar-refractivity contribution >= 4 is 63.8 Å². The number of fused-ring (bicyclic) bond motifs is 1. The minimum atomic E-state index is -0.671. The predicted molar refractivity (Wildman–Crippen MR) is 95.1 cm³/mol. The van der Waals surface area contributed by atoms with Crippen LogP contribution in [-0.4, -0.2) is 24.8 Å². The largest absolute Gasteiger partial charge is 0.490 e. The highest BCUT2D eigenvalue weighted by Crippen LogP contribution is 2.38. The molecule has 0 radical (unpaired) electrons. The molecule has 0 N–H and O–H groups in total. The molecule has 24 heavy (non-hydrogen) atoms. The Morgan fingerprint density at radius 2 is 1.75 bits per heavy atom. The molecule has 2 aromatic rings. The van der Waals surface area contributed by atoms with E-state index in [4.69, 9.17) is 51.1 Å². The second kappa shape index (κ2) is 6.81. The number of hydrogen-bond acceptors (Lipinski definition) is 3. The summed E-state index contributed by atoms with van der Waals surface area (Å²) in [5.41, 5.74) is 0.537. The number of carbonyl (C=O) groups is 2. The summed E-state index contributed by atoms with van der Waals surface area (Å²) in [5, 5.41) is 1.18. The van der Waals surface area contributed by atoms with E-state index in [0.29, 0.717) is 21.5 Å². The van der Waals surface area contributed by atoms with Crippen LogP contribution >= 0.6 is 46.4 Å². The van der Waals surface area contributed by atoms with Crippen LogP contribution in [0.25, 0.3) is 0 Å². The van der Waals surface area contributed by atoms with Gasteiger partial charge in [-0.25, -0.2) is 0 Å². The number of carbonyl (C=O) groups excluding carboxylic acids is 2. The molecule has 0 saturated carbocycles. The topological polar surface area (TPSA) is 46.6 Å². The average molecular weight is 405 g/mol. The maximum absolute atomic E-state index is 12.2. The monoisotopic (exact) mass is 403 g/mol. The molecule has 0 aromatic heterocycles. The molecule has 1 aliphatic rings. The molecule has 3 rings (SSSR count). The highest BCUT2D eigenvalue weighted by Gasteiger charge is 2.37. The third-order valence-corrected chi connectivity index (χ3v) is 4.78. The molecule has 1 aliphatic heterocycles. The number of hydrogen-bond donors (Lipinski definition) is 0. The predicted octanol–water partition coefficient (Wildman–Crippen LogP) is 4.91. The zero-order chi connectivity index (χ0) is 17.4. The maximum Gasteiger partial charge on any atom is 0.299 e. The first-order valence-corrected chi connectivity index (χ1v) is 8.33. The molecule has 0 atom stereocenters. The van der Waals surface area contributed by atoms with Crippen LogP contribution in [0, 0.1) is 0 Å². The van der Waals surface area contributed by atoms with Gasteiger partial charge in [-0.05, 0) is 24.3 Å². The molecule has 0 unspecified atom stereocenters. The zero-order valence-electron chi connectivity index (χ0n) is 12.0. The minimum Gasteiger partial charge on any atom is -0.490 e. The van der Waals surface area contributed by atoms with Crippen LogP contribution < -0.4 is 9.64 Å². The number of halogens is 4. The van der Waals surface area contributed by atoms with E-state index in [1.165, 1.54) is 17.0 Å². The smallest absolute Gasteiger partial charge is 0.299 e. The fraction of sp³-hybridized carbons (Fsp3) is 0.125. The highest BCUT2D eigenvalue weighted by atomic mass is 35.5. The van der Waals surface area contributed by atoms with Crippen molar-refractivity contribution in [1.82, 2.24) is 0 Å². The normalized spacial score (nSPS) is 13.4. The van der Waals surface area contributed by atoms with E-state index in [9.17, 15) is 9.59 Å². The number of nitrogens with zero attached hydrogens (tertiary/aromatic N) is 1. The number of rotatable bonds is 4. The molecular weight excluding hydrogens is 396 g/mol. The van der Waals surface area contributed by atoms with Gasteiger partial charge in [0.05, 0.1) is 27.8 Å². The molecule has 1 heterocycles. The van der Waals surface area contributed by atoms with Crippen LogP contribution in [0.4, 0.5) is 5.69 Å². The molecule has 8 heteroatoms. The van der Waals surface area contributed by atoms with Gasteiger partial charge in [-0.1, -0.05) is 52.5 Å². The number of Topliss-reactive ketones (excluding diaryl/α,β-unsaturated/α-hetero) is 1. The Balaban J connectivity index is 1.78. The SMILES string of the molecule is O=C1C(=O)N(CCOc2cccc(Cl)c2Cl)c2c(Cl)cc(Cl)cc21. The van der Waals surface area contributed by atoms with Crippen LogP contribution in [0.5, 0.6) is 5.75 Å². The summed E-state index contributed by atoms with van der Waals surface area (Å²) in [6.45, 7) is 0.235. The second-order valence-electron chi connectivity index (χ2n) is 4.97. The Morgan fingerprint density at radius 1 is 1.00 bits per heavy atom. The number of ketones is 1. The zero-order valence-corrected chi connectivity index (χ0v) is 15.0. The first-order valence-electron chi connectivity index (χ1n) is 6.82. The third kappa shape index (κ3) is 3.07. The Labute approximate surface area is 157 Å². The number of ether oxygens (including phenoxy) is 1. The van der Waals surface area contributed by atoms with Crippen molar-refractivity contribution in [2.24, 2.45) is 0 Å². The molecular formula is C16H9Cl4NO3. The van der Waals surface area contributed by atoms with E-state index in [-0.39, 0.29) is 28.8 Å². The van der Waals surface area contributed by atoms with Crippen molar-refractivity contribution in [3.63, 3.8) is 0 Å². The molecule has 124 valence electrons. The summed E-state index contributed by atoms with van der Waals surface area (Å²) in [5.74, 6) is -0.922. The second-order valence-corrected chi connectivity index (χ2v) is 6.60. The van der Waals surface area contributed by atoms with Crippen LogP contribution in [-0.2, 0) is 4.79 Å². The van der Waals surface area contributed by atoms with Crippen molar-refractivity contribution in [1.29, 1.82) is 0 Å². The third-order valence-electron chi connectivity index (χ3n) is 3.47. The molecule has 0 spiro atoms. The van der Waals surface area contributed by atoms with Gasteiger partial charge in [-0.3, -0.25) is 14.5 Å². The molecule has 0 aliphatic carbocycles. The Bertz CT molecular complexity index is 853. The van der Waals surface area contributed by atoms with E-state index >= 15 is 0 Å². The molecule has 2 aromatic carbocycles. The van der Waals surface area contributed by atoms with E-state index in [2.05, 4.69) is 0 Å². The highest BCUT2D eigenvalue weighted by molar-refractivity contribution is 6.54. The van der Waals surface area contributed by atoms with Gasteiger partial charge in [-0.2, -0.15) is 0 Å². The first-order chi connectivity index (χ1) is 11.4. The first kappa shape index (κ1) is 17.4. The van der Waals surface area contributed by atoms with Gasteiger partial charge in [0.15, 0.2) is 0 Å². The fourth-order valence-electron chi connectivity index (χ4n) is 2.41. The molecule has 4 nitrogen and oxygen atoms in total. The van der Waals surface area contributed by atoms with Crippen LogP contribution in [0.15, 0.2) is 30.3 Å². The quantitative estimate of drug-likeness (QED) is 0.680. The number of benzene rings is 2. The Morgan fingerprint density at radius 3 is 2.50 bits per heavy atom. The number of amides is 1. The van der Waals surface area contributed by atoms with Crippen molar-refractivity contribution in [3.8, 4) is 5.75 Å². The van der Waals surface area contributed by atoms with Gasteiger partial charge in [0.2, 0.25) is 0 Å². The van der Waals surface area contributed by atoms with Crippen molar-refractivity contribution in [2.45, 2.75) is 0 Å². The van der Waals surface area contributed by atoms with E-state index in [1.54, 1.807) is 18.2 Å². The lowest BCUT2D eigenvalue weighted by Crippen LogP contribution is -2.33. The van der Waals surface area contributed by atoms with Gasteiger partial charge in [0.25, 0.3) is 11.7 Å². The van der Waals surface area contributed by atoms with Gasteiger partial charge in [-0.15, -0.1) is 0 Å². The fourth-order valence-corrected chi connectivity index (χ4v) is 3.35. The minimum absolute atomic E-state index is 0.109. The van der Waals surface area contributed by atoms with E-state index < -0.39 is 11.7 Å². The molecule has 0 fully saturated rings. The average Bonchev–Trinajstić information content (AvgIpc) is 2.77. The standard InChI is InChI=1S/C16H9Cl4NO3/c17-8-6-9-14(11(19)7-8)21(16(23)15(9)22)4-5-24-12-3-1-2-10(18)13(12)20/h1-3,6-7H,4-5H2. The summed E-state index contributed by atoms with van der Waals surface area (Å²) in [7, 11) is 0. The summed E-state index contributed by atoms with van der Waals surface area (Å²) < 4.78 is 5.55. The van der Waals surface area contributed by atoms with Gasteiger partial charge in [0, 0.05) is 5.02 Å². The summed E-state index contributed by atoms with van der Waals surface area (Å²) in [4.78, 5) is 25.5. The van der Waals surface area contributed by atoms with Crippen molar-refractivity contribution in [2.75, 3.05) is 18.1 Å². The van der Waals surface area contributed by atoms with Gasteiger partial charge in [0.1, 0.15) is 17.4 Å². The Hall–Kier alpha value is -1.46. The summed E-state index contributed by atoms with van der Waals surface area (Å²) >= 11 is 24.0. The van der Waals surface area contributed by atoms with Gasteiger partial charge >= 0.3 is 0 Å². The lowest BCUT2D eigenvalue weighted by Gasteiger charge is -2.18. The Kier molecular flexibility index (Phi) is 4.92. The molecule has 0 bridgehead atoms. The van der Waals surface area contributed by atoms with Crippen LogP contribution in [0.1, 0.15) is 10.4 Å².